The molecular weight excluding hydrogens is 148 g/mol. The molecule has 0 aliphatic rings. The summed E-state index contributed by atoms with van der Waals surface area (Å²) in [5.74, 6) is 0. The lowest BCUT2D eigenvalue weighted by atomic mass is 10.0. The quantitative estimate of drug-likeness (QED) is 0.629. The lowest BCUT2D eigenvalue weighted by Gasteiger charge is -2.14. The average molecular weight is 158 g/mol. The molecule has 0 radical (unpaired) electrons. The summed E-state index contributed by atoms with van der Waals surface area (Å²) in [6.45, 7) is 3.70. The molecule has 0 aliphatic heterocycles. The number of nitrogens with two attached hydrogens (primary N) is 1. The smallest absolute Gasteiger partial charge is 0.304 e. The third kappa shape index (κ3) is 1.46. The van der Waals surface area contributed by atoms with Gasteiger partial charge in [-0.3, -0.25) is 4.79 Å². The summed E-state index contributed by atoms with van der Waals surface area (Å²) in [7, 11) is 0. The second-order valence-electron chi connectivity index (χ2n) is 2.78. The molecule has 3 nitrogen and oxygen atoms in total. The van der Waals surface area contributed by atoms with E-state index in [1.54, 1.807) is 5.38 Å². The summed E-state index contributed by atoms with van der Waals surface area (Å²) in [5.41, 5.74) is 6.07. The first kappa shape index (κ1) is 7.50. The molecule has 1 heterocycles. The van der Waals surface area contributed by atoms with Crippen molar-refractivity contribution in [1.82, 2.24) is 4.98 Å². The highest BCUT2D eigenvalue weighted by Gasteiger charge is 2.15. The molecule has 0 bridgehead atoms. The van der Waals surface area contributed by atoms with Gasteiger partial charge >= 0.3 is 4.87 Å². The number of nitrogens with one attached hydrogen (secondary N) is 1. The second kappa shape index (κ2) is 2.21. The summed E-state index contributed by atoms with van der Waals surface area (Å²) in [5, 5.41) is 1.75. The molecule has 0 unspecified atom stereocenters. The standard InChI is InChI=1S/C6H10N2OS/c1-6(2,7)4-3-10-5(9)8-4/h3H,7H2,1-2H3,(H,8,9). The van der Waals surface area contributed by atoms with Crippen molar-refractivity contribution in [2.75, 3.05) is 0 Å². The van der Waals surface area contributed by atoms with Crippen molar-refractivity contribution >= 4 is 11.3 Å². The molecule has 0 fully saturated rings. The minimum atomic E-state index is -0.431. The van der Waals surface area contributed by atoms with Gasteiger partial charge in [-0.05, 0) is 13.8 Å². The van der Waals surface area contributed by atoms with Gasteiger partial charge in [0.25, 0.3) is 0 Å². The Hall–Kier alpha value is -0.610. The number of rotatable bonds is 1. The number of hydrogen-bond acceptors (Lipinski definition) is 3. The van der Waals surface area contributed by atoms with E-state index >= 15 is 0 Å². The van der Waals surface area contributed by atoms with E-state index in [2.05, 4.69) is 4.98 Å². The molecule has 1 aromatic heterocycles. The molecule has 3 N–H and O–H groups in total. The van der Waals surface area contributed by atoms with Crippen LogP contribution in [0.15, 0.2) is 10.2 Å². The molecule has 10 heavy (non-hydrogen) atoms. The molecule has 1 aromatic rings. The molecule has 4 heteroatoms. The Morgan fingerprint density at radius 2 is 2.30 bits per heavy atom. The largest absolute Gasteiger partial charge is 0.321 e. The van der Waals surface area contributed by atoms with Crippen LogP contribution in [-0.2, 0) is 5.54 Å². The molecule has 0 amide bonds. The zero-order valence-corrected chi connectivity index (χ0v) is 6.79. The van der Waals surface area contributed by atoms with Crippen molar-refractivity contribution in [3.63, 3.8) is 0 Å². The Bertz CT molecular complexity index is 268. The first-order valence-electron chi connectivity index (χ1n) is 2.97. The third-order valence-corrected chi connectivity index (χ3v) is 1.88. The molecule has 1 rings (SSSR count). The van der Waals surface area contributed by atoms with E-state index < -0.39 is 5.54 Å². The first-order valence-corrected chi connectivity index (χ1v) is 3.85. The third-order valence-electron chi connectivity index (χ3n) is 1.21. The first-order chi connectivity index (χ1) is 4.50. The molecule has 0 saturated carbocycles. The van der Waals surface area contributed by atoms with Gasteiger partial charge in [0.2, 0.25) is 0 Å². The summed E-state index contributed by atoms with van der Waals surface area (Å²) < 4.78 is 0. The van der Waals surface area contributed by atoms with Gasteiger partial charge in [0.05, 0.1) is 5.54 Å². The van der Waals surface area contributed by atoms with Crippen LogP contribution in [0.3, 0.4) is 0 Å². The van der Waals surface area contributed by atoms with E-state index in [4.69, 9.17) is 5.73 Å². The zero-order chi connectivity index (χ0) is 7.78. The summed E-state index contributed by atoms with van der Waals surface area (Å²) in [6.07, 6.45) is 0. The Kier molecular flexibility index (Phi) is 1.66. The van der Waals surface area contributed by atoms with Gasteiger partial charge in [-0.25, -0.2) is 0 Å². The van der Waals surface area contributed by atoms with E-state index in [9.17, 15) is 4.79 Å². The van der Waals surface area contributed by atoms with E-state index in [1.807, 2.05) is 13.8 Å². The fraction of sp³-hybridized carbons (Fsp3) is 0.500. The van der Waals surface area contributed by atoms with Crippen molar-refractivity contribution in [1.29, 1.82) is 0 Å². The highest BCUT2D eigenvalue weighted by Crippen LogP contribution is 2.12. The highest BCUT2D eigenvalue weighted by molar-refractivity contribution is 7.07. The lowest BCUT2D eigenvalue weighted by Crippen LogP contribution is -2.29. The van der Waals surface area contributed by atoms with E-state index in [0.29, 0.717) is 0 Å². The number of aromatic nitrogens is 1. The Morgan fingerprint density at radius 1 is 1.70 bits per heavy atom. The predicted octanol–water partition coefficient (Wildman–Crippen LogP) is 0.630. The Morgan fingerprint density at radius 3 is 2.50 bits per heavy atom. The summed E-state index contributed by atoms with van der Waals surface area (Å²) in [6, 6.07) is 0. The van der Waals surface area contributed by atoms with Crippen LogP contribution in [0.2, 0.25) is 0 Å². The van der Waals surface area contributed by atoms with Crippen LogP contribution in [0.4, 0.5) is 0 Å². The van der Waals surface area contributed by atoms with Crippen molar-refractivity contribution in [3.8, 4) is 0 Å². The van der Waals surface area contributed by atoms with Gasteiger partial charge in [0.15, 0.2) is 0 Å². The molecule has 0 atom stereocenters. The van der Waals surface area contributed by atoms with E-state index in [-0.39, 0.29) is 4.87 Å². The topological polar surface area (TPSA) is 58.9 Å². The van der Waals surface area contributed by atoms with Crippen molar-refractivity contribution < 1.29 is 0 Å². The number of aromatic amines is 1. The Labute approximate surface area is 62.9 Å². The van der Waals surface area contributed by atoms with Gasteiger partial charge in [0.1, 0.15) is 0 Å². The van der Waals surface area contributed by atoms with Gasteiger partial charge in [-0.1, -0.05) is 11.3 Å². The van der Waals surface area contributed by atoms with Crippen LogP contribution >= 0.6 is 11.3 Å². The molecule has 0 aromatic carbocycles. The number of thiazole rings is 1. The van der Waals surface area contributed by atoms with Crippen LogP contribution in [-0.4, -0.2) is 4.98 Å². The SMILES string of the molecule is CC(C)(N)c1csc(=O)[nH]1. The fourth-order valence-corrected chi connectivity index (χ4v) is 1.35. The van der Waals surface area contributed by atoms with Crippen LogP contribution in [0.25, 0.3) is 0 Å². The van der Waals surface area contributed by atoms with Crippen LogP contribution in [0.5, 0.6) is 0 Å². The van der Waals surface area contributed by atoms with Crippen molar-refractivity contribution in [3.05, 3.63) is 20.7 Å². The van der Waals surface area contributed by atoms with Gasteiger partial charge in [0, 0.05) is 11.1 Å². The fourth-order valence-electron chi connectivity index (χ4n) is 0.594. The van der Waals surface area contributed by atoms with Gasteiger partial charge < -0.3 is 10.7 Å². The van der Waals surface area contributed by atoms with E-state index in [1.165, 1.54) is 0 Å². The van der Waals surface area contributed by atoms with Crippen molar-refractivity contribution in [2.45, 2.75) is 19.4 Å². The number of hydrogen-bond donors (Lipinski definition) is 2. The lowest BCUT2D eigenvalue weighted by molar-refractivity contribution is 0.538. The molecule has 0 spiro atoms. The second-order valence-corrected chi connectivity index (χ2v) is 3.63. The molecule has 56 valence electrons. The normalized spacial score (nSPS) is 11.9. The molecule has 0 aliphatic carbocycles. The maximum absolute atomic E-state index is 10.6. The maximum atomic E-state index is 10.6. The number of H-pyrrole nitrogens is 1. The van der Waals surface area contributed by atoms with Crippen molar-refractivity contribution in [2.24, 2.45) is 5.73 Å². The maximum Gasteiger partial charge on any atom is 0.304 e. The predicted molar refractivity (Wildman–Crippen MR) is 42.2 cm³/mol. The monoisotopic (exact) mass is 158 g/mol. The van der Waals surface area contributed by atoms with Crippen LogP contribution in [0, 0.1) is 0 Å². The summed E-state index contributed by atoms with van der Waals surface area (Å²) >= 11 is 1.14. The van der Waals surface area contributed by atoms with Crippen LogP contribution in [0.1, 0.15) is 19.5 Å². The molecule has 0 saturated heterocycles. The van der Waals surface area contributed by atoms with Gasteiger partial charge in [-0.2, -0.15) is 0 Å². The van der Waals surface area contributed by atoms with E-state index in [0.717, 1.165) is 17.0 Å². The summed E-state index contributed by atoms with van der Waals surface area (Å²) in [4.78, 5) is 13.3. The van der Waals surface area contributed by atoms with Gasteiger partial charge in [-0.15, -0.1) is 0 Å². The highest BCUT2D eigenvalue weighted by atomic mass is 32.1. The minimum absolute atomic E-state index is 0.0477. The minimum Gasteiger partial charge on any atom is -0.321 e. The Balaban J connectivity index is 3.07. The molecular formula is C6H10N2OS. The zero-order valence-electron chi connectivity index (χ0n) is 5.97. The van der Waals surface area contributed by atoms with Crippen LogP contribution < -0.4 is 10.6 Å². The average Bonchev–Trinajstić information content (AvgIpc) is 2.11.